The maximum atomic E-state index is 12.4. The van der Waals surface area contributed by atoms with Crippen molar-refractivity contribution >= 4 is 5.78 Å². The van der Waals surface area contributed by atoms with Crippen LogP contribution < -0.4 is 0 Å². The highest BCUT2D eigenvalue weighted by molar-refractivity contribution is 6.01. The van der Waals surface area contributed by atoms with E-state index in [1.165, 1.54) is 0 Å². The van der Waals surface area contributed by atoms with Gasteiger partial charge in [-0.15, -0.1) is 0 Å². The maximum Gasteiger partial charge on any atom is 0.179 e. The number of hydrogen-bond acceptors (Lipinski definition) is 2. The molecule has 17 heavy (non-hydrogen) atoms. The average Bonchev–Trinajstić information content (AvgIpc) is 2.30. The molecule has 1 aromatic carbocycles. The fraction of sp³-hybridized carbons (Fsp3) is 0.533. The third-order valence-electron chi connectivity index (χ3n) is 3.28. The second kappa shape index (κ2) is 5.97. The SMILES string of the molecule is CCCN(C)C(C)C(=O)c1cc(C)ccc1C. The van der Waals surface area contributed by atoms with Gasteiger partial charge in [0.25, 0.3) is 0 Å². The fourth-order valence-electron chi connectivity index (χ4n) is 1.97. The van der Waals surface area contributed by atoms with Crippen molar-refractivity contribution in [3.8, 4) is 0 Å². The maximum absolute atomic E-state index is 12.4. The summed E-state index contributed by atoms with van der Waals surface area (Å²) < 4.78 is 0. The minimum atomic E-state index is -0.0459. The zero-order valence-electron chi connectivity index (χ0n) is 11.6. The molecule has 0 heterocycles. The Morgan fingerprint density at radius 1 is 1.35 bits per heavy atom. The van der Waals surface area contributed by atoms with Crippen LogP contribution in [0.2, 0.25) is 0 Å². The van der Waals surface area contributed by atoms with Gasteiger partial charge in [-0.3, -0.25) is 9.69 Å². The predicted octanol–water partition coefficient (Wildman–Crippen LogP) is 3.22. The first-order valence-electron chi connectivity index (χ1n) is 6.29. The lowest BCUT2D eigenvalue weighted by molar-refractivity contribution is 0.0868. The van der Waals surface area contributed by atoms with Crippen LogP contribution in [0.1, 0.15) is 41.8 Å². The van der Waals surface area contributed by atoms with Crippen LogP contribution in [0.15, 0.2) is 18.2 Å². The average molecular weight is 233 g/mol. The Balaban J connectivity index is 2.92. The van der Waals surface area contributed by atoms with Crippen LogP contribution >= 0.6 is 0 Å². The topological polar surface area (TPSA) is 20.3 Å². The van der Waals surface area contributed by atoms with E-state index in [0.29, 0.717) is 0 Å². The number of Topliss-reactive ketones (excluding diaryl/α,β-unsaturated/α-hetero) is 1. The summed E-state index contributed by atoms with van der Waals surface area (Å²) >= 11 is 0. The first-order valence-corrected chi connectivity index (χ1v) is 6.29. The first-order chi connectivity index (χ1) is 7.97. The van der Waals surface area contributed by atoms with E-state index in [2.05, 4.69) is 11.8 Å². The molecule has 1 atom stereocenters. The Kier molecular flexibility index (Phi) is 4.88. The zero-order valence-corrected chi connectivity index (χ0v) is 11.6. The van der Waals surface area contributed by atoms with Gasteiger partial charge in [0.15, 0.2) is 5.78 Å². The van der Waals surface area contributed by atoms with Crippen LogP contribution in [0.3, 0.4) is 0 Å². The second-order valence-corrected chi connectivity index (χ2v) is 4.84. The molecular formula is C15H23NO. The molecule has 1 unspecified atom stereocenters. The lowest BCUT2D eigenvalue weighted by atomic mass is 9.98. The van der Waals surface area contributed by atoms with E-state index in [4.69, 9.17) is 0 Å². The van der Waals surface area contributed by atoms with Gasteiger partial charge in [0.2, 0.25) is 0 Å². The van der Waals surface area contributed by atoms with Gasteiger partial charge in [-0.25, -0.2) is 0 Å². The molecule has 0 spiro atoms. The summed E-state index contributed by atoms with van der Waals surface area (Å²) in [7, 11) is 2.01. The Hall–Kier alpha value is -1.15. The van der Waals surface area contributed by atoms with Crippen molar-refractivity contribution < 1.29 is 4.79 Å². The summed E-state index contributed by atoms with van der Waals surface area (Å²) in [6.45, 7) is 9.10. The van der Waals surface area contributed by atoms with Crippen LogP contribution in [0, 0.1) is 13.8 Å². The molecule has 0 aromatic heterocycles. The van der Waals surface area contributed by atoms with Gasteiger partial charge in [0.1, 0.15) is 0 Å². The highest BCUT2D eigenvalue weighted by Crippen LogP contribution is 2.15. The molecule has 0 saturated carbocycles. The van der Waals surface area contributed by atoms with Gasteiger partial charge >= 0.3 is 0 Å². The number of hydrogen-bond donors (Lipinski definition) is 0. The lowest BCUT2D eigenvalue weighted by Gasteiger charge is -2.23. The van der Waals surface area contributed by atoms with Crippen molar-refractivity contribution in [1.82, 2.24) is 4.90 Å². The third-order valence-corrected chi connectivity index (χ3v) is 3.28. The minimum absolute atomic E-state index is 0.0459. The van der Waals surface area contributed by atoms with Gasteiger partial charge < -0.3 is 0 Å². The lowest BCUT2D eigenvalue weighted by Crippen LogP contribution is -2.36. The summed E-state index contributed by atoms with van der Waals surface area (Å²) in [5.41, 5.74) is 3.07. The summed E-state index contributed by atoms with van der Waals surface area (Å²) in [5, 5.41) is 0. The zero-order chi connectivity index (χ0) is 13.0. The van der Waals surface area contributed by atoms with E-state index in [-0.39, 0.29) is 11.8 Å². The minimum Gasteiger partial charge on any atom is -0.297 e. The molecular weight excluding hydrogens is 210 g/mol. The Morgan fingerprint density at radius 3 is 2.59 bits per heavy atom. The fourth-order valence-corrected chi connectivity index (χ4v) is 1.97. The van der Waals surface area contributed by atoms with E-state index >= 15 is 0 Å². The molecule has 94 valence electrons. The monoisotopic (exact) mass is 233 g/mol. The highest BCUT2D eigenvalue weighted by atomic mass is 16.1. The quantitative estimate of drug-likeness (QED) is 0.728. The van der Waals surface area contributed by atoms with E-state index in [9.17, 15) is 4.79 Å². The van der Waals surface area contributed by atoms with Gasteiger partial charge in [0, 0.05) is 5.56 Å². The summed E-state index contributed by atoms with van der Waals surface area (Å²) in [4.78, 5) is 14.5. The number of rotatable bonds is 5. The van der Waals surface area contributed by atoms with Crippen LogP contribution in [0.5, 0.6) is 0 Å². The first kappa shape index (κ1) is 13.9. The molecule has 0 aliphatic heterocycles. The summed E-state index contributed by atoms with van der Waals surface area (Å²) in [5.74, 6) is 0.224. The number of carbonyl (C=O) groups excluding carboxylic acids is 1. The van der Waals surface area contributed by atoms with Crippen LogP contribution in [-0.4, -0.2) is 30.3 Å². The third kappa shape index (κ3) is 3.40. The Morgan fingerprint density at radius 2 is 2.00 bits per heavy atom. The van der Waals surface area contributed by atoms with Crippen molar-refractivity contribution in [2.75, 3.05) is 13.6 Å². The standard InChI is InChI=1S/C15H23NO/c1-6-9-16(5)13(4)15(17)14-10-11(2)7-8-12(14)3/h7-8,10,13H,6,9H2,1-5H3. The largest absolute Gasteiger partial charge is 0.297 e. The van der Waals surface area contributed by atoms with E-state index in [1.54, 1.807) is 0 Å². The van der Waals surface area contributed by atoms with Gasteiger partial charge in [-0.05, 0) is 52.4 Å². The molecule has 0 amide bonds. The number of carbonyl (C=O) groups is 1. The van der Waals surface area contributed by atoms with E-state index < -0.39 is 0 Å². The molecule has 0 fully saturated rings. The molecule has 0 aliphatic carbocycles. The van der Waals surface area contributed by atoms with Crippen molar-refractivity contribution in [2.45, 2.75) is 40.2 Å². The van der Waals surface area contributed by atoms with Gasteiger partial charge in [0.05, 0.1) is 6.04 Å². The smallest absolute Gasteiger partial charge is 0.179 e. The van der Waals surface area contributed by atoms with Gasteiger partial charge in [-0.1, -0.05) is 24.6 Å². The van der Waals surface area contributed by atoms with Crippen molar-refractivity contribution in [2.24, 2.45) is 0 Å². The van der Waals surface area contributed by atoms with E-state index in [0.717, 1.165) is 29.7 Å². The van der Waals surface area contributed by atoms with E-state index in [1.807, 2.05) is 46.0 Å². The molecule has 0 N–H and O–H groups in total. The number of aryl methyl sites for hydroxylation is 2. The van der Waals surface area contributed by atoms with Crippen LogP contribution in [-0.2, 0) is 0 Å². The highest BCUT2D eigenvalue weighted by Gasteiger charge is 2.20. The Labute approximate surface area is 105 Å². The number of likely N-dealkylation sites (N-methyl/N-ethyl adjacent to an activating group) is 1. The van der Waals surface area contributed by atoms with Crippen molar-refractivity contribution in [1.29, 1.82) is 0 Å². The van der Waals surface area contributed by atoms with Crippen LogP contribution in [0.4, 0.5) is 0 Å². The molecule has 0 saturated heterocycles. The molecule has 0 bridgehead atoms. The molecule has 2 nitrogen and oxygen atoms in total. The van der Waals surface area contributed by atoms with Crippen molar-refractivity contribution in [3.63, 3.8) is 0 Å². The number of nitrogens with zero attached hydrogens (tertiary/aromatic N) is 1. The molecule has 2 heteroatoms. The number of ketones is 1. The van der Waals surface area contributed by atoms with Crippen LogP contribution in [0.25, 0.3) is 0 Å². The van der Waals surface area contributed by atoms with Crippen molar-refractivity contribution in [3.05, 3.63) is 34.9 Å². The normalized spacial score (nSPS) is 12.8. The second-order valence-electron chi connectivity index (χ2n) is 4.84. The predicted molar refractivity (Wildman–Crippen MR) is 72.6 cm³/mol. The Bertz CT molecular complexity index is 398. The molecule has 0 aliphatic rings. The van der Waals surface area contributed by atoms with Gasteiger partial charge in [-0.2, -0.15) is 0 Å². The molecule has 1 rings (SSSR count). The molecule has 1 aromatic rings. The summed E-state index contributed by atoms with van der Waals surface area (Å²) in [6.07, 6.45) is 1.07. The number of benzene rings is 1. The molecule has 0 radical (unpaired) electrons. The summed E-state index contributed by atoms with van der Waals surface area (Å²) in [6, 6.07) is 6.02.